The molecule has 3 rings (SSSR count). The summed E-state index contributed by atoms with van der Waals surface area (Å²) >= 11 is 3.46. The van der Waals surface area contributed by atoms with Crippen molar-refractivity contribution in [1.82, 2.24) is 0 Å². The summed E-state index contributed by atoms with van der Waals surface area (Å²) in [6, 6.07) is 16.3. The normalized spacial score (nSPS) is 21.6. The van der Waals surface area contributed by atoms with E-state index in [9.17, 15) is 4.79 Å². The Morgan fingerprint density at radius 1 is 1.00 bits per heavy atom. The maximum atomic E-state index is 12.6. The number of ketones is 1. The number of hydrogen-bond donors (Lipinski definition) is 0. The molecule has 0 spiro atoms. The van der Waals surface area contributed by atoms with Gasteiger partial charge in [0, 0.05) is 16.8 Å². The van der Waals surface area contributed by atoms with Crippen molar-refractivity contribution in [3.63, 3.8) is 0 Å². The number of carbonyl (C=O) groups is 1. The third-order valence-corrected chi connectivity index (χ3v) is 4.99. The van der Waals surface area contributed by atoms with Gasteiger partial charge in [0.25, 0.3) is 0 Å². The summed E-state index contributed by atoms with van der Waals surface area (Å²) in [5.74, 6) is 1.43. The molecule has 0 heterocycles. The Bertz CT molecular complexity index is 646. The van der Waals surface area contributed by atoms with Gasteiger partial charge >= 0.3 is 0 Å². The monoisotopic (exact) mass is 358 g/mol. The van der Waals surface area contributed by atoms with Crippen LogP contribution in [-0.4, -0.2) is 12.9 Å². The van der Waals surface area contributed by atoms with Crippen molar-refractivity contribution in [2.75, 3.05) is 7.11 Å². The van der Waals surface area contributed by atoms with Crippen molar-refractivity contribution in [1.29, 1.82) is 0 Å². The quantitative estimate of drug-likeness (QED) is 0.764. The molecule has 1 fully saturated rings. The average Bonchev–Trinajstić information content (AvgIpc) is 2.56. The summed E-state index contributed by atoms with van der Waals surface area (Å²) in [5.41, 5.74) is 2.34. The zero-order valence-electron chi connectivity index (χ0n) is 12.6. The van der Waals surface area contributed by atoms with E-state index in [1.165, 1.54) is 5.56 Å². The van der Waals surface area contributed by atoms with Crippen molar-refractivity contribution < 1.29 is 9.53 Å². The molecular weight excluding hydrogens is 340 g/mol. The van der Waals surface area contributed by atoms with E-state index in [0.717, 1.165) is 28.6 Å². The molecule has 0 aliphatic heterocycles. The van der Waals surface area contributed by atoms with Gasteiger partial charge in [-0.1, -0.05) is 40.2 Å². The highest BCUT2D eigenvalue weighted by Gasteiger charge is 2.33. The number of ether oxygens (including phenoxy) is 1. The Kier molecular flexibility index (Phi) is 4.63. The summed E-state index contributed by atoms with van der Waals surface area (Å²) in [6.07, 6.45) is 2.72. The van der Waals surface area contributed by atoms with Gasteiger partial charge in [-0.3, -0.25) is 4.79 Å². The first-order valence-electron chi connectivity index (χ1n) is 7.61. The molecule has 3 heteroatoms. The topological polar surface area (TPSA) is 26.3 Å². The number of benzene rings is 2. The van der Waals surface area contributed by atoms with Crippen molar-refractivity contribution in [3.8, 4) is 5.75 Å². The lowest BCUT2D eigenvalue weighted by Crippen LogP contribution is -2.25. The number of methoxy groups -OCH3 is 1. The zero-order chi connectivity index (χ0) is 15.5. The highest BCUT2D eigenvalue weighted by molar-refractivity contribution is 9.10. The van der Waals surface area contributed by atoms with E-state index in [1.807, 2.05) is 24.3 Å². The third-order valence-electron chi connectivity index (χ3n) is 4.46. The van der Waals surface area contributed by atoms with Gasteiger partial charge in [0.1, 0.15) is 11.5 Å². The summed E-state index contributed by atoms with van der Waals surface area (Å²) < 4.78 is 6.27. The molecule has 1 aliphatic rings. The molecule has 114 valence electrons. The van der Waals surface area contributed by atoms with Gasteiger partial charge < -0.3 is 4.74 Å². The second kappa shape index (κ2) is 6.66. The third kappa shape index (κ3) is 3.09. The number of Topliss-reactive ketones (excluding diaryl/α,β-unsaturated/α-hetero) is 1. The smallest absolute Gasteiger partial charge is 0.140 e. The van der Waals surface area contributed by atoms with Crippen molar-refractivity contribution in [2.24, 2.45) is 0 Å². The van der Waals surface area contributed by atoms with E-state index in [4.69, 9.17) is 4.74 Å². The second-order valence-electron chi connectivity index (χ2n) is 5.77. The molecule has 1 saturated carbocycles. The van der Waals surface area contributed by atoms with Crippen LogP contribution in [0.2, 0.25) is 0 Å². The number of carbonyl (C=O) groups excluding carboxylic acids is 1. The molecule has 2 atom stereocenters. The van der Waals surface area contributed by atoms with Crippen LogP contribution in [0.3, 0.4) is 0 Å². The van der Waals surface area contributed by atoms with Crippen LogP contribution in [-0.2, 0) is 4.79 Å². The summed E-state index contributed by atoms with van der Waals surface area (Å²) in [4.78, 5) is 12.6. The number of rotatable bonds is 3. The molecule has 0 amide bonds. The fourth-order valence-corrected chi connectivity index (χ4v) is 3.61. The van der Waals surface area contributed by atoms with Crippen LogP contribution >= 0.6 is 15.9 Å². The molecule has 0 radical (unpaired) electrons. The Labute approximate surface area is 139 Å². The van der Waals surface area contributed by atoms with Crippen molar-refractivity contribution in [2.45, 2.75) is 31.1 Å². The van der Waals surface area contributed by atoms with Gasteiger partial charge in [-0.15, -0.1) is 0 Å². The molecule has 0 aromatic heterocycles. The van der Waals surface area contributed by atoms with E-state index in [1.54, 1.807) is 7.11 Å². The van der Waals surface area contributed by atoms with Crippen LogP contribution in [0.15, 0.2) is 53.0 Å². The van der Waals surface area contributed by atoms with Gasteiger partial charge in [-0.25, -0.2) is 0 Å². The van der Waals surface area contributed by atoms with Crippen LogP contribution in [0.1, 0.15) is 42.2 Å². The van der Waals surface area contributed by atoms with E-state index in [-0.39, 0.29) is 11.8 Å². The maximum Gasteiger partial charge on any atom is 0.140 e. The fourth-order valence-electron chi connectivity index (χ4n) is 3.34. The number of hydrogen-bond acceptors (Lipinski definition) is 2. The van der Waals surface area contributed by atoms with Gasteiger partial charge in [0.2, 0.25) is 0 Å². The van der Waals surface area contributed by atoms with Gasteiger partial charge in [0.15, 0.2) is 0 Å². The predicted octanol–water partition coefficient (Wildman–Crippen LogP) is 5.08. The van der Waals surface area contributed by atoms with Crippen LogP contribution in [0.4, 0.5) is 0 Å². The van der Waals surface area contributed by atoms with Gasteiger partial charge in [-0.05, 0) is 54.2 Å². The first kappa shape index (κ1) is 15.3. The minimum Gasteiger partial charge on any atom is -0.497 e. The van der Waals surface area contributed by atoms with Crippen molar-refractivity contribution in [3.05, 3.63) is 64.1 Å². The molecule has 2 nitrogen and oxygen atoms in total. The lowest BCUT2D eigenvalue weighted by Gasteiger charge is -2.31. The predicted molar refractivity (Wildman–Crippen MR) is 91.5 cm³/mol. The van der Waals surface area contributed by atoms with Crippen LogP contribution in [0.5, 0.6) is 5.75 Å². The summed E-state index contributed by atoms with van der Waals surface area (Å²) in [5, 5.41) is 0. The summed E-state index contributed by atoms with van der Waals surface area (Å²) in [6.45, 7) is 0. The molecule has 22 heavy (non-hydrogen) atoms. The molecule has 0 unspecified atom stereocenters. The molecule has 2 aromatic carbocycles. The largest absolute Gasteiger partial charge is 0.497 e. The molecule has 0 saturated heterocycles. The van der Waals surface area contributed by atoms with Crippen LogP contribution < -0.4 is 4.74 Å². The molecule has 2 aromatic rings. The lowest BCUT2D eigenvalue weighted by molar-refractivity contribution is -0.122. The standard InChI is InChI=1S/C19H19BrO2/c1-22-16-11-7-13(8-12-16)17-3-2-4-18(21)19(17)14-5-9-15(20)10-6-14/h5-12,17,19H,2-4H2,1H3/t17-,19-/m1/s1. The lowest BCUT2D eigenvalue weighted by atomic mass is 9.71. The Balaban J connectivity index is 1.95. The fraction of sp³-hybridized carbons (Fsp3) is 0.316. The van der Waals surface area contributed by atoms with E-state index >= 15 is 0 Å². The Morgan fingerprint density at radius 2 is 1.64 bits per heavy atom. The summed E-state index contributed by atoms with van der Waals surface area (Å²) in [7, 11) is 1.67. The molecule has 1 aliphatic carbocycles. The first-order chi connectivity index (χ1) is 10.7. The van der Waals surface area contributed by atoms with E-state index in [0.29, 0.717) is 12.2 Å². The highest BCUT2D eigenvalue weighted by Crippen LogP contribution is 2.42. The van der Waals surface area contributed by atoms with E-state index < -0.39 is 0 Å². The SMILES string of the molecule is COc1ccc([C@H]2CCCC(=O)[C@@H]2c2ccc(Br)cc2)cc1. The Morgan fingerprint density at radius 3 is 2.27 bits per heavy atom. The number of halogens is 1. The minimum atomic E-state index is -0.0322. The molecular formula is C19H19BrO2. The van der Waals surface area contributed by atoms with E-state index in [2.05, 4.69) is 40.2 Å². The zero-order valence-corrected chi connectivity index (χ0v) is 14.2. The van der Waals surface area contributed by atoms with Gasteiger partial charge in [-0.2, -0.15) is 0 Å². The molecule has 0 N–H and O–H groups in total. The Hall–Kier alpha value is -1.61. The van der Waals surface area contributed by atoms with Crippen LogP contribution in [0, 0.1) is 0 Å². The van der Waals surface area contributed by atoms with Gasteiger partial charge in [0.05, 0.1) is 7.11 Å². The maximum absolute atomic E-state index is 12.6. The van der Waals surface area contributed by atoms with Crippen LogP contribution in [0.25, 0.3) is 0 Å². The first-order valence-corrected chi connectivity index (χ1v) is 8.40. The average molecular weight is 359 g/mol. The highest BCUT2D eigenvalue weighted by atomic mass is 79.9. The second-order valence-corrected chi connectivity index (χ2v) is 6.68. The molecule has 0 bridgehead atoms. The van der Waals surface area contributed by atoms with Crippen molar-refractivity contribution >= 4 is 21.7 Å². The minimum absolute atomic E-state index is 0.0322.